The van der Waals surface area contributed by atoms with E-state index in [2.05, 4.69) is 0 Å². The SMILES string of the molecule is Fc1cccc(F)c1CC(Cl)c1sccc1Cl. The minimum Gasteiger partial charge on any atom is -0.207 e. The summed E-state index contributed by atoms with van der Waals surface area (Å²) in [5.41, 5.74) is -0.00281. The highest BCUT2D eigenvalue weighted by molar-refractivity contribution is 7.11. The van der Waals surface area contributed by atoms with Gasteiger partial charge in [-0.3, -0.25) is 0 Å². The van der Waals surface area contributed by atoms with Gasteiger partial charge in [0.05, 0.1) is 10.4 Å². The van der Waals surface area contributed by atoms with Crippen molar-refractivity contribution in [3.63, 3.8) is 0 Å². The fraction of sp³-hybridized carbons (Fsp3) is 0.167. The van der Waals surface area contributed by atoms with E-state index in [-0.39, 0.29) is 12.0 Å². The molecule has 1 aromatic heterocycles. The van der Waals surface area contributed by atoms with Crippen molar-refractivity contribution in [3.8, 4) is 0 Å². The second-order valence-electron chi connectivity index (χ2n) is 3.50. The lowest BCUT2D eigenvalue weighted by Gasteiger charge is -2.10. The largest absolute Gasteiger partial charge is 0.207 e. The van der Waals surface area contributed by atoms with Crippen molar-refractivity contribution in [2.45, 2.75) is 11.8 Å². The summed E-state index contributed by atoms with van der Waals surface area (Å²) in [6, 6.07) is 5.49. The molecule has 0 bridgehead atoms. The van der Waals surface area contributed by atoms with Gasteiger partial charge in [0.1, 0.15) is 11.6 Å². The van der Waals surface area contributed by atoms with E-state index in [0.29, 0.717) is 5.02 Å². The summed E-state index contributed by atoms with van der Waals surface area (Å²) in [6.07, 6.45) is 0.0836. The van der Waals surface area contributed by atoms with Crippen molar-refractivity contribution in [1.29, 1.82) is 0 Å². The Hall–Kier alpha value is -0.640. The molecule has 2 rings (SSSR count). The summed E-state index contributed by atoms with van der Waals surface area (Å²) in [5.74, 6) is -1.16. The fourth-order valence-corrected chi connectivity index (χ4v) is 3.18. The zero-order chi connectivity index (χ0) is 12.4. The molecule has 0 aliphatic carbocycles. The van der Waals surface area contributed by atoms with Crippen LogP contribution >= 0.6 is 34.5 Å². The maximum absolute atomic E-state index is 13.4. The zero-order valence-corrected chi connectivity index (χ0v) is 10.9. The number of benzene rings is 1. The molecule has 2 aromatic rings. The fourth-order valence-electron chi connectivity index (χ4n) is 1.53. The van der Waals surface area contributed by atoms with Gasteiger partial charge in [0.25, 0.3) is 0 Å². The third-order valence-corrected chi connectivity index (χ3v) is 4.35. The average molecular weight is 293 g/mol. The lowest BCUT2D eigenvalue weighted by molar-refractivity contribution is 0.553. The van der Waals surface area contributed by atoms with Gasteiger partial charge in [0.2, 0.25) is 0 Å². The van der Waals surface area contributed by atoms with E-state index in [4.69, 9.17) is 23.2 Å². The van der Waals surface area contributed by atoms with Crippen LogP contribution in [-0.4, -0.2) is 0 Å². The van der Waals surface area contributed by atoms with Crippen LogP contribution in [0.25, 0.3) is 0 Å². The molecule has 1 unspecified atom stereocenters. The van der Waals surface area contributed by atoms with Gasteiger partial charge in [-0.1, -0.05) is 17.7 Å². The van der Waals surface area contributed by atoms with Crippen LogP contribution in [0.3, 0.4) is 0 Å². The first kappa shape index (κ1) is 12.8. The van der Waals surface area contributed by atoms with Crippen molar-refractivity contribution in [2.75, 3.05) is 0 Å². The molecular weight excluding hydrogens is 285 g/mol. The first-order chi connectivity index (χ1) is 8.09. The molecule has 0 fully saturated rings. The minimum absolute atomic E-state index is 0.00281. The molecule has 0 saturated heterocycles. The van der Waals surface area contributed by atoms with E-state index in [1.165, 1.54) is 29.5 Å². The highest BCUT2D eigenvalue weighted by Crippen LogP contribution is 2.35. The quantitative estimate of drug-likeness (QED) is 0.682. The van der Waals surface area contributed by atoms with E-state index in [9.17, 15) is 8.78 Å². The van der Waals surface area contributed by atoms with Gasteiger partial charge in [-0.2, -0.15) is 0 Å². The first-order valence-corrected chi connectivity index (χ1v) is 6.59. The minimum atomic E-state index is -0.580. The summed E-state index contributed by atoms with van der Waals surface area (Å²) >= 11 is 13.4. The molecule has 0 aliphatic heterocycles. The van der Waals surface area contributed by atoms with Crippen LogP contribution in [0.5, 0.6) is 0 Å². The molecule has 0 N–H and O–H groups in total. The Bertz CT molecular complexity index is 505. The molecule has 1 aromatic carbocycles. The Morgan fingerprint density at radius 1 is 1.18 bits per heavy atom. The van der Waals surface area contributed by atoms with Crippen molar-refractivity contribution >= 4 is 34.5 Å². The van der Waals surface area contributed by atoms with Gasteiger partial charge in [-0.15, -0.1) is 22.9 Å². The molecule has 1 heterocycles. The molecular formula is C12H8Cl2F2S. The number of thiophene rings is 1. The van der Waals surface area contributed by atoms with Crippen LogP contribution in [0.1, 0.15) is 15.8 Å². The van der Waals surface area contributed by atoms with Crippen molar-refractivity contribution in [1.82, 2.24) is 0 Å². The van der Waals surface area contributed by atoms with Crippen molar-refractivity contribution in [2.24, 2.45) is 0 Å². The number of hydrogen-bond acceptors (Lipinski definition) is 1. The normalized spacial score (nSPS) is 12.7. The molecule has 0 spiro atoms. The summed E-state index contributed by atoms with van der Waals surface area (Å²) in [6.45, 7) is 0. The third-order valence-electron chi connectivity index (χ3n) is 2.37. The van der Waals surface area contributed by atoms with E-state index in [1.54, 1.807) is 11.4 Å². The van der Waals surface area contributed by atoms with Gasteiger partial charge in [0, 0.05) is 10.4 Å². The van der Waals surface area contributed by atoms with E-state index >= 15 is 0 Å². The predicted octanol–water partition coefficient (Wildman–Crippen LogP) is 5.20. The number of halogens is 4. The van der Waals surface area contributed by atoms with Crippen molar-refractivity contribution in [3.05, 3.63) is 56.7 Å². The van der Waals surface area contributed by atoms with Gasteiger partial charge in [0.15, 0.2) is 0 Å². The lowest BCUT2D eigenvalue weighted by atomic mass is 10.1. The topological polar surface area (TPSA) is 0 Å². The molecule has 5 heteroatoms. The Labute approximate surface area is 112 Å². The Morgan fingerprint density at radius 3 is 2.35 bits per heavy atom. The lowest BCUT2D eigenvalue weighted by Crippen LogP contribution is -2.00. The maximum atomic E-state index is 13.4. The highest BCUT2D eigenvalue weighted by atomic mass is 35.5. The Kier molecular flexibility index (Phi) is 4.02. The molecule has 0 amide bonds. The van der Waals surface area contributed by atoms with Crippen molar-refractivity contribution < 1.29 is 8.78 Å². The maximum Gasteiger partial charge on any atom is 0.129 e. The molecule has 0 nitrogen and oxygen atoms in total. The van der Waals surface area contributed by atoms with Crippen LogP contribution in [0.15, 0.2) is 29.6 Å². The summed E-state index contributed by atoms with van der Waals surface area (Å²) in [4.78, 5) is 0.732. The summed E-state index contributed by atoms with van der Waals surface area (Å²) in [7, 11) is 0. The Morgan fingerprint density at radius 2 is 1.82 bits per heavy atom. The second-order valence-corrected chi connectivity index (χ2v) is 5.39. The molecule has 0 radical (unpaired) electrons. The van der Waals surface area contributed by atoms with E-state index in [0.717, 1.165) is 4.88 Å². The van der Waals surface area contributed by atoms with E-state index in [1.807, 2.05) is 0 Å². The van der Waals surface area contributed by atoms with Gasteiger partial charge < -0.3 is 0 Å². The Balaban J connectivity index is 2.25. The zero-order valence-electron chi connectivity index (χ0n) is 8.59. The summed E-state index contributed by atoms with van der Waals surface area (Å²) < 4.78 is 26.8. The molecule has 17 heavy (non-hydrogen) atoms. The molecule has 0 saturated carbocycles. The molecule has 1 atom stereocenters. The smallest absolute Gasteiger partial charge is 0.129 e. The average Bonchev–Trinajstić information content (AvgIpc) is 2.70. The number of alkyl halides is 1. The van der Waals surface area contributed by atoms with Crippen LogP contribution in [-0.2, 0) is 6.42 Å². The first-order valence-electron chi connectivity index (χ1n) is 4.89. The highest BCUT2D eigenvalue weighted by Gasteiger charge is 2.18. The standard InChI is InChI=1S/C12H8Cl2F2S/c13-8-4-5-17-12(8)9(14)6-7-10(15)2-1-3-11(7)16/h1-5,9H,6H2. The summed E-state index contributed by atoms with van der Waals surface area (Å²) in [5, 5.41) is 1.81. The van der Waals surface area contributed by atoms with Crippen LogP contribution in [0.4, 0.5) is 8.78 Å². The second kappa shape index (κ2) is 5.34. The number of hydrogen-bond donors (Lipinski definition) is 0. The molecule has 0 aliphatic rings. The van der Waals surface area contributed by atoms with E-state index < -0.39 is 17.0 Å². The molecule has 90 valence electrons. The third kappa shape index (κ3) is 2.79. The monoisotopic (exact) mass is 292 g/mol. The van der Waals surface area contributed by atoms with Gasteiger partial charge >= 0.3 is 0 Å². The van der Waals surface area contributed by atoms with Gasteiger partial charge in [-0.25, -0.2) is 8.78 Å². The predicted molar refractivity (Wildman–Crippen MR) is 68.0 cm³/mol. The van der Waals surface area contributed by atoms with Crippen LogP contribution in [0, 0.1) is 11.6 Å². The van der Waals surface area contributed by atoms with Crippen LogP contribution < -0.4 is 0 Å². The van der Waals surface area contributed by atoms with Gasteiger partial charge in [-0.05, 0) is 30.0 Å². The van der Waals surface area contributed by atoms with Crippen LogP contribution in [0.2, 0.25) is 5.02 Å². The number of rotatable bonds is 3.